The Balaban J connectivity index is 1.95. The molecule has 2 aromatic heterocycles. The molecular formula is C13H12ClFN4O4. The molecule has 2 aromatic rings. The first-order chi connectivity index (χ1) is 11.0. The van der Waals surface area contributed by atoms with Crippen LogP contribution in [0.3, 0.4) is 0 Å². The van der Waals surface area contributed by atoms with Gasteiger partial charge in [-0.3, -0.25) is 4.98 Å². The first kappa shape index (κ1) is 15.5. The van der Waals surface area contributed by atoms with Crippen molar-refractivity contribution in [3.63, 3.8) is 0 Å². The highest BCUT2D eigenvalue weighted by Crippen LogP contribution is 2.23. The summed E-state index contributed by atoms with van der Waals surface area (Å²) in [6.07, 6.45) is 0.245. The van der Waals surface area contributed by atoms with Crippen LogP contribution in [0.5, 0.6) is 0 Å². The van der Waals surface area contributed by atoms with Crippen molar-refractivity contribution in [2.75, 3.05) is 0 Å². The van der Waals surface area contributed by atoms with E-state index in [4.69, 9.17) is 21.4 Å². The van der Waals surface area contributed by atoms with Crippen LogP contribution >= 0.6 is 11.6 Å². The van der Waals surface area contributed by atoms with Crippen molar-refractivity contribution < 1.29 is 19.0 Å². The van der Waals surface area contributed by atoms with Gasteiger partial charge in [0.1, 0.15) is 11.6 Å². The van der Waals surface area contributed by atoms with Gasteiger partial charge in [0.15, 0.2) is 6.23 Å². The van der Waals surface area contributed by atoms with Crippen LogP contribution in [0.25, 0.3) is 0 Å². The van der Waals surface area contributed by atoms with E-state index in [9.17, 15) is 14.0 Å². The predicted octanol–water partition coefficient (Wildman–Crippen LogP) is 1.81. The number of nitrogens with zero attached hydrogens (tertiary/aromatic N) is 4. The van der Waals surface area contributed by atoms with Crippen LogP contribution in [0.4, 0.5) is 9.18 Å². The molecular weight excluding hydrogens is 331 g/mol. The van der Waals surface area contributed by atoms with Gasteiger partial charge in [-0.15, -0.1) is 0 Å². The van der Waals surface area contributed by atoms with Crippen LogP contribution in [-0.4, -0.2) is 30.6 Å². The molecule has 8 nitrogen and oxygen atoms in total. The maximum absolute atomic E-state index is 13.0. The molecule has 0 amide bonds. The van der Waals surface area contributed by atoms with E-state index in [1.165, 1.54) is 4.57 Å². The summed E-state index contributed by atoms with van der Waals surface area (Å²) in [6, 6.07) is 1.10. The fourth-order valence-corrected chi connectivity index (χ4v) is 2.73. The second-order valence-corrected chi connectivity index (χ2v) is 5.45. The van der Waals surface area contributed by atoms with Crippen LogP contribution in [-0.2, 0) is 17.7 Å². The first-order valence-electron chi connectivity index (χ1n) is 6.83. The van der Waals surface area contributed by atoms with E-state index in [0.717, 1.165) is 16.9 Å². The van der Waals surface area contributed by atoms with E-state index < -0.39 is 23.9 Å². The van der Waals surface area contributed by atoms with Gasteiger partial charge in [0.25, 0.3) is 0 Å². The van der Waals surface area contributed by atoms with Crippen molar-refractivity contribution in [2.24, 2.45) is 0 Å². The van der Waals surface area contributed by atoms with Crippen molar-refractivity contribution in [1.29, 1.82) is 0 Å². The van der Waals surface area contributed by atoms with Crippen LogP contribution < -0.4 is 5.69 Å². The molecule has 1 aliphatic heterocycles. The zero-order valence-corrected chi connectivity index (χ0v) is 12.5. The molecule has 1 N–H and O–H groups in total. The number of pyridine rings is 1. The normalized spacial score (nSPS) is 16.9. The molecule has 23 heavy (non-hydrogen) atoms. The van der Waals surface area contributed by atoms with Gasteiger partial charge < -0.3 is 9.84 Å². The highest BCUT2D eigenvalue weighted by atomic mass is 35.5. The Morgan fingerprint density at radius 1 is 1.57 bits per heavy atom. The zero-order valence-electron chi connectivity index (χ0n) is 11.8. The molecule has 1 atom stereocenters. The quantitative estimate of drug-likeness (QED) is 0.854. The Hall–Kier alpha value is -2.42. The summed E-state index contributed by atoms with van der Waals surface area (Å²) in [7, 11) is 0. The summed E-state index contributed by atoms with van der Waals surface area (Å²) < 4.78 is 20.1. The lowest BCUT2D eigenvalue weighted by molar-refractivity contribution is 0.00392. The number of fused-ring (bicyclic) bond motifs is 1. The Labute approximate surface area is 134 Å². The minimum Gasteiger partial charge on any atom is -0.450 e. The minimum absolute atomic E-state index is 0.0439. The van der Waals surface area contributed by atoms with Gasteiger partial charge in [0, 0.05) is 12.8 Å². The molecule has 10 heteroatoms. The van der Waals surface area contributed by atoms with Gasteiger partial charge in [0.2, 0.25) is 0 Å². The number of carboxylic acid groups (broad SMARTS) is 1. The number of rotatable bonds is 3. The molecule has 0 aromatic carbocycles. The van der Waals surface area contributed by atoms with Crippen molar-refractivity contribution in [2.45, 2.75) is 32.0 Å². The molecule has 0 saturated carbocycles. The summed E-state index contributed by atoms with van der Waals surface area (Å²) in [5.41, 5.74) is -0.227. The molecule has 0 fully saturated rings. The highest BCUT2D eigenvalue weighted by Gasteiger charge is 2.28. The monoisotopic (exact) mass is 342 g/mol. The number of halogens is 2. The third-order valence-electron chi connectivity index (χ3n) is 3.50. The van der Waals surface area contributed by atoms with Crippen LogP contribution in [0.15, 0.2) is 17.1 Å². The molecule has 0 bridgehead atoms. The molecule has 1 aliphatic rings. The van der Waals surface area contributed by atoms with E-state index in [2.05, 4.69) is 10.1 Å². The number of carbonyl (C=O) groups is 1. The number of ether oxygens (including phenoxy) is 1. The lowest BCUT2D eigenvalue weighted by Crippen LogP contribution is -2.33. The summed E-state index contributed by atoms with van der Waals surface area (Å²) in [6.45, 7) is -0.0439. The average Bonchev–Trinajstić information content (AvgIpc) is 2.79. The molecule has 0 unspecified atom stereocenters. The number of aryl methyl sites for hydroxylation is 1. The van der Waals surface area contributed by atoms with E-state index in [0.29, 0.717) is 30.8 Å². The maximum Gasteiger partial charge on any atom is 0.507 e. The highest BCUT2D eigenvalue weighted by molar-refractivity contribution is 6.31. The van der Waals surface area contributed by atoms with Gasteiger partial charge in [-0.05, 0) is 12.5 Å². The van der Waals surface area contributed by atoms with Gasteiger partial charge in [-0.1, -0.05) is 11.6 Å². The van der Waals surface area contributed by atoms with Crippen LogP contribution in [0, 0.1) is 5.82 Å². The second-order valence-electron chi connectivity index (χ2n) is 5.04. The fourth-order valence-electron chi connectivity index (χ4n) is 2.52. The third-order valence-corrected chi connectivity index (χ3v) is 3.83. The largest absolute Gasteiger partial charge is 0.507 e. The lowest BCUT2D eigenvalue weighted by Gasteiger charge is -2.21. The number of hydrogen-bond donors (Lipinski definition) is 1. The lowest BCUT2D eigenvalue weighted by atomic mass is 10.1. The summed E-state index contributed by atoms with van der Waals surface area (Å²) in [5, 5.41) is 13.0. The SMILES string of the molecule is O=C(O)O[C@H]1CCCc2nn(Cc3ncc(F)cc3Cl)c(=O)n21. The fraction of sp³-hybridized carbons (Fsp3) is 0.385. The standard InChI is InChI=1S/C13H12ClFN4O4/c14-8-4-7(15)5-16-9(8)6-18-12(20)19-10(17-18)2-1-3-11(19)23-13(21)22/h4-5,11H,1-3,6H2,(H,21,22)/t11-/m0/s1. The van der Waals surface area contributed by atoms with Crippen molar-refractivity contribution in [3.8, 4) is 0 Å². The van der Waals surface area contributed by atoms with E-state index in [1.54, 1.807) is 0 Å². The van der Waals surface area contributed by atoms with Crippen molar-refractivity contribution in [3.05, 3.63) is 45.1 Å². The van der Waals surface area contributed by atoms with Crippen molar-refractivity contribution >= 4 is 17.8 Å². The van der Waals surface area contributed by atoms with Gasteiger partial charge in [-0.2, -0.15) is 5.10 Å². The smallest absolute Gasteiger partial charge is 0.450 e. The van der Waals surface area contributed by atoms with Gasteiger partial charge in [-0.25, -0.2) is 23.2 Å². The third kappa shape index (κ3) is 3.04. The van der Waals surface area contributed by atoms with E-state index >= 15 is 0 Å². The molecule has 0 radical (unpaired) electrons. The summed E-state index contributed by atoms with van der Waals surface area (Å²) in [4.78, 5) is 27.0. The van der Waals surface area contributed by atoms with E-state index in [1.807, 2.05) is 0 Å². The first-order valence-corrected chi connectivity index (χ1v) is 7.21. The molecule has 3 heterocycles. The topological polar surface area (TPSA) is 99.2 Å². The summed E-state index contributed by atoms with van der Waals surface area (Å²) >= 11 is 5.90. The minimum atomic E-state index is -1.45. The Morgan fingerprint density at radius 3 is 3.04 bits per heavy atom. The summed E-state index contributed by atoms with van der Waals surface area (Å²) in [5.74, 6) is -0.143. The number of hydrogen-bond acceptors (Lipinski definition) is 5. The molecule has 122 valence electrons. The van der Waals surface area contributed by atoms with Crippen LogP contribution in [0.1, 0.15) is 30.6 Å². The maximum atomic E-state index is 13.0. The van der Waals surface area contributed by atoms with Crippen LogP contribution in [0.2, 0.25) is 5.02 Å². The molecule has 0 spiro atoms. The molecule has 0 saturated heterocycles. The number of aromatic nitrogens is 4. The molecule has 3 rings (SSSR count). The Morgan fingerprint density at radius 2 is 2.35 bits per heavy atom. The Kier molecular flexibility index (Phi) is 4.03. The second kappa shape index (κ2) is 5.99. The molecule has 0 aliphatic carbocycles. The average molecular weight is 343 g/mol. The van der Waals surface area contributed by atoms with Gasteiger partial charge >= 0.3 is 11.8 Å². The van der Waals surface area contributed by atoms with Crippen molar-refractivity contribution in [1.82, 2.24) is 19.3 Å². The van der Waals surface area contributed by atoms with Gasteiger partial charge in [0.05, 0.1) is 23.5 Å². The predicted molar refractivity (Wildman–Crippen MR) is 75.9 cm³/mol. The Bertz CT molecular complexity index is 819. The van der Waals surface area contributed by atoms with E-state index in [-0.39, 0.29) is 11.6 Å². The zero-order chi connectivity index (χ0) is 16.6.